The maximum Gasteiger partial charge on any atom is 0.264 e. The van der Waals surface area contributed by atoms with E-state index in [1.807, 2.05) is 24.3 Å². The van der Waals surface area contributed by atoms with Crippen molar-refractivity contribution < 1.29 is 22.8 Å². The van der Waals surface area contributed by atoms with Crippen LogP contribution in [-0.2, 0) is 37.5 Å². The molecule has 0 saturated carbocycles. The number of methoxy groups -OCH3 is 1. The van der Waals surface area contributed by atoms with Crippen molar-refractivity contribution in [2.24, 2.45) is 0 Å². The van der Waals surface area contributed by atoms with E-state index in [4.69, 9.17) is 9.57 Å². The number of carbonyl (C=O) groups is 1. The molecule has 2 heterocycles. The molecule has 2 aliphatic heterocycles. The van der Waals surface area contributed by atoms with Crippen LogP contribution in [0.3, 0.4) is 0 Å². The lowest BCUT2D eigenvalue weighted by Crippen LogP contribution is -2.48. The number of hydrogen-bond donors (Lipinski definition) is 0. The van der Waals surface area contributed by atoms with Gasteiger partial charge in [-0.3, -0.25) is 9.63 Å². The molecule has 2 aliphatic rings. The molecular formula is C15H20N2O5S. The van der Waals surface area contributed by atoms with Crippen molar-refractivity contribution in [1.82, 2.24) is 9.37 Å². The highest BCUT2D eigenvalue weighted by Gasteiger charge is 2.44. The van der Waals surface area contributed by atoms with Gasteiger partial charge in [-0.1, -0.05) is 24.3 Å². The Morgan fingerprint density at radius 1 is 1.30 bits per heavy atom. The fourth-order valence-corrected chi connectivity index (χ4v) is 4.11. The SMILES string of the molecule is CO[C@H]1C[C@H](C(=O)N2Cc3ccccc3CO2)N(S(C)(=O)=O)C1. The van der Waals surface area contributed by atoms with Crippen LogP contribution in [0.4, 0.5) is 0 Å². The highest BCUT2D eigenvalue weighted by atomic mass is 32.2. The van der Waals surface area contributed by atoms with Crippen molar-refractivity contribution in [2.45, 2.75) is 31.7 Å². The molecule has 0 aliphatic carbocycles. The first-order valence-corrected chi connectivity index (χ1v) is 9.25. The van der Waals surface area contributed by atoms with E-state index in [-0.39, 0.29) is 18.6 Å². The second kappa shape index (κ2) is 6.20. The van der Waals surface area contributed by atoms with Crippen LogP contribution in [0.2, 0.25) is 0 Å². The Morgan fingerprint density at radius 2 is 2.00 bits per heavy atom. The molecule has 2 atom stereocenters. The number of benzene rings is 1. The maximum atomic E-state index is 12.8. The molecule has 1 aromatic rings. The molecule has 0 N–H and O–H groups in total. The van der Waals surface area contributed by atoms with E-state index in [1.54, 1.807) is 0 Å². The van der Waals surface area contributed by atoms with Crippen LogP contribution in [0.5, 0.6) is 0 Å². The molecule has 0 spiro atoms. The number of hydrogen-bond acceptors (Lipinski definition) is 5. The third kappa shape index (κ3) is 3.25. The number of hydroxylamine groups is 2. The summed E-state index contributed by atoms with van der Waals surface area (Å²) in [6.07, 6.45) is 1.16. The monoisotopic (exact) mass is 340 g/mol. The molecule has 0 radical (unpaired) electrons. The van der Waals surface area contributed by atoms with E-state index in [0.29, 0.717) is 19.6 Å². The highest BCUT2D eigenvalue weighted by Crippen LogP contribution is 2.27. The lowest BCUT2D eigenvalue weighted by atomic mass is 10.1. The van der Waals surface area contributed by atoms with Gasteiger partial charge >= 0.3 is 0 Å². The third-order valence-electron chi connectivity index (χ3n) is 4.32. The molecule has 1 fully saturated rings. The highest BCUT2D eigenvalue weighted by molar-refractivity contribution is 7.88. The van der Waals surface area contributed by atoms with Crippen LogP contribution in [-0.4, -0.2) is 55.7 Å². The van der Waals surface area contributed by atoms with Crippen LogP contribution in [0.1, 0.15) is 17.5 Å². The van der Waals surface area contributed by atoms with Crippen molar-refractivity contribution in [3.05, 3.63) is 35.4 Å². The molecule has 126 valence electrons. The summed E-state index contributed by atoms with van der Waals surface area (Å²) in [6, 6.07) is 6.95. The van der Waals surface area contributed by atoms with Gasteiger partial charge in [0.25, 0.3) is 5.91 Å². The third-order valence-corrected chi connectivity index (χ3v) is 5.57. The Morgan fingerprint density at radius 3 is 2.65 bits per heavy atom. The Balaban J connectivity index is 1.80. The first-order valence-electron chi connectivity index (χ1n) is 7.41. The van der Waals surface area contributed by atoms with Gasteiger partial charge in [0.2, 0.25) is 10.0 Å². The van der Waals surface area contributed by atoms with E-state index in [9.17, 15) is 13.2 Å². The number of nitrogens with zero attached hydrogens (tertiary/aromatic N) is 2. The number of sulfonamides is 1. The summed E-state index contributed by atoms with van der Waals surface area (Å²) >= 11 is 0. The van der Waals surface area contributed by atoms with Gasteiger partial charge in [-0.05, 0) is 11.1 Å². The number of ether oxygens (including phenoxy) is 1. The average Bonchev–Trinajstić information content (AvgIpc) is 2.98. The minimum atomic E-state index is -3.49. The van der Waals surface area contributed by atoms with Crippen LogP contribution in [0.25, 0.3) is 0 Å². The van der Waals surface area contributed by atoms with Crippen molar-refractivity contribution in [3.8, 4) is 0 Å². The van der Waals surface area contributed by atoms with Gasteiger partial charge in [-0.15, -0.1) is 0 Å². The number of carbonyl (C=O) groups excluding carboxylic acids is 1. The van der Waals surface area contributed by atoms with Crippen LogP contribution < -0.4 is 0 Å². The van der Waals surface area contributed by atoms with Crippen LogP contribution in [0.15, 0.2) is 24.3 Å². The molecule has 7 nitrogen and oxygen atoms in total. The molecule has 1 saturated heterocycles. The summed E-state index contributed by atoms with van der Waals surface area (Å²) in [5, 5.41) is 1.27. The molecule has 8 heteroatoms. The Labute approximate surface area is 135 Å². The Kier molecular flexibility index (Phi) is 4.41. The van der Waals surface area contributed by atoms with Gasteiger partial charge < -0.3 is 4.74 Å². The molecule has 1 aromatic carbocycles. The molecule has 3 rings (SSSR count). The summed E-state index contributed by atoms with van der Waals surface area (Å²) in [4.78, 5) is 18.3. The summed E-state index contributed by atoms with van der Waals surface area (Å²) in [6.45, 7) is 0.818. The summed E-state index contributed by atoms with van der Waals surface area (Å²) in [5.41, 5.74) is 2.05. The molecule has 23 heavy (non-hydrogen) atoms. The predicted octanol–water partition coefficient (Wildman–Crippen LogP) is 0.509. The van der Waals surface area contributed by atoms with Crippen molar-refractivity contribution in [1.29, 1.82) is 0 Å². The smallest absolute Gasteiger partial charge is 0.264 e. The second-order valence-electron chi connectivity index (χ2n) is 5.86. The van der Waals surface area contributed by atoms with Gasteiger partial charge in [0.15, 0.2) is 0 Å². The molecular weight excluding hydrogens is 320 g/mol. The molecule has 0 unspecified atom stereocenters. The van der Waals surface area contributed by atoms with Gasteiger partial charge in [-0.25, -0.2) is 13.5 Å². The van der Waals surface area contributed by atoms with Crippen molar-refractivity contribution in [2.75, 3.05) is 19.9 Å². The van der Waals surface area contributed by atoms with Crippen LogP contribution >= 0.6 is 0 Å². The lowest BCUT2D eigenvalue weighted by Gasteiger charge is -2.31. The zero-order valence-electron chi connectivity index (χ0n) is 13.1. The quantitative estimate of drug-likeness (QED) is 0.801. The number of fused-ring (bicyclic) bond motifs is 1. The van der Waals surface area contributed by atoms with E-state index in [1.165, 1.54) is 16.5 Å². The van der Waals surface area contributed by atoms with Crippen LogP contribution in [0, 0.1) is 0 Å². The van der Waals surface area contributed by atoms with Gasteiger partial charge in [0.1, 0.15) is 12.6 Å². The Hall–Kier alpha value is -1.48. The predicted molar refractivity (Wildman–Crippen MR) is 82.5 cm³/mol. The van der Waals surface area contributed by atoms with Gasteiger partial charge in [-0.2, -0.15) is 4.31 Å². The second-order valence-corrected chi connectivity index (χ2v) is 7.79. The first kappa shape index (κ1) is 16.4. The van der Waals surface area contributed by atoms with Crippen molar-refractivity contribution in [3.63, 3.8) is 0 Å². The van der Waals surface area contributed by atoms with E-state index >= 15 is 0 Å². The lowest BCUT2D eigenvalue weighted by molar-refractivity contribution is -0.204. The van der Waals surface area contributed by atoms with E-state index in [0.717, 1.165) is 17.4 Å². The summed E-state index contributed by atoms with van der Waals surface area (Å²) in [7, 11) is -1.97. The minimum absolute atomic E-state index is 0.191. The Bertz CT molecular complexity index is 706. The van der Waals surface area contributed by atoms with Crippen molar-refractivity contribution >= 4 is 15.9 Å². The van der Waals surface area contributed by atoms with Gasteiger partial charge in [0, 0.05) is 20.1 Å². The molecule has 1 amide bonds. The normalized spacial score (nSPS) is 25.4. The summed E-state index contributed by atoms with van der Waals surface area (Å²) < 4.78 is 30.3. The maximum absolute atomic E-state index is 12.8. The summed E-state index contributed by atoms with van der Waals surface area (Å²) in [5.74, 6) is -0.343. The molecule has 0 aromatic heterocycles. The van der Waals surface area contributed by atoms with E-state index in [2.05, 4.69) is 0 Å². The standard InChI is InChI=1S/C15H20N2O5S/c1-21-13-7-14(17(9-13)23(2,19)20)15(18)16-8-11-5-3-4-6-12(11)10-22-16/h3-6,13-14H,7-10H2,1-2H3/t13-,14+/m0/s1. The largest absolute Gasteiger partial charge is 0.380 e. The fraction of sp³-hybridized carbons (Fsp3) is 0.533. The minimum Gasteiger partial charge on any atom is -0.380 e. The van der Waals surface area contributed by atoms with E-state index < -0.39 is 16.1 Å². The topological polar surface area (TPSA) is 76.2 Å². The fourth-order valence-electron chi connectivity index (χ4n) is 3.04. The number of rotatable bonds is 3. The molecule has 0 bridgehead atoms. The number of amides is 1. The first-order chi connectivity index (χ1) is 10.9. The zero-order chi connectivity index (χ0) is 16.6. The van der Waals surface area contributed by atoms with Gasteiger partial charge in [0.05, 0.1) is 18.9 Å². The average molecular weight is 340 g/mol. The zero-order valence-corrected chi connectivity index (χ0v) is 14.0.